The Balaban J connectivity index is 2.00. The SMILES string of the molecule is Cc1sc(-c2ccc(CN)cc2)nc1-c1cccc(F)c1. The Labute approximate surface area is 127 Å². The van der Waals surface area contributed by atoms with Gasteiger partial charge in [0.1, 0.15) is 10.8 Å². The van der Waals surface area contributed by atoms with Crippen molar-refractivity contribution in [3.8, 4) is 21.8 Å². The van der Waals surface area contributed by atoms with Crippen LogP contribution in [-0.4, -0.2) is 4.98 Å². The minimum absolute atomic E-state index is 0.242. The van der Waals surface area contributed by atoms with Gasteiger partial charge < -0.3 is 5.73 Å². The van der Waals surface area contributed by atoms with Crippen molar-refractivity contribution in [3.63, 3.8) is 0 Å². The highest BCUT2D eigenvalue weighted by atomic mass is 32.1. The number of hydrogen-bond acceptors (Lipinski definition) is 3. The summed E-state index contributed by atoms with van der Waals surface area (Å²) < 4.78 is 13.4. The van der Waals surface area contributed by atoms with Gasteiger partial charge in [-0.05, 0) is 24.6 Å². The average molecular weight is 298 g/mol. The van der Waals surface area contributed by atoms with Crippen LogP contribution in [0.1, 0.15) is 10.4 Å². The van der Waals surface area contributed by atoms with E-state index in [9.17, 15) is 4.39 Å². The fraction of sp³-hybridized carbons (Fsp3) is 0.118. The minimum atomic E-state index is -0.242. The smallest absolute Gasteiger partial charge is 0.124 e. The van der Waals surface area contributed by atoms with Crippen LogP contribution in [0.3, 0.4) is 0 Å². The highest BCUT2D eigenvalue weighted by molar-refractivity contribution is 7.15. The molecule has 21 heavy (non-hydrogen) atoms. The highest BCUT2D eigenvalue weighted by Crippen LogP contribution is 2.33. The molecule has 2 nitrogen and oxygen atoms in total. The summed E-state index contributed by atoms with van der Waals surface area (Å²) in [5.41, 5.74) is 9.42. The summed E-state index contributed by atoms with van der Waals surface area (Å²) in [6.45, 7) is 2.54. The van der Waals surface area contributed by atoms with Crippen LogP contribution in [0.15, 0.2) is 48.5 Å². The first-order valence-corrected chi connectivity index (χ1v) is 7.52. The maximum absolute atomic E-state index is 13.4. The predicted molar refractivity (Wildman–Crippen MR) is 85.6 cm³/mol. The molecule has 0 saturated heterocycles. The van der Waals surface area contributed by atoms with Crippen LogP contribution < -0.4 is 5.73 Å². The first kappa shape index (κ1) is 13.9. The molecule has 2 aromatic carbocycles. The molecule has 0 spiro atoms. The summed E-state index contributed by atoms with van der Waals surface area (Å²) in [7, 11) is 0. The van der Waals surface area contributed by atoms with Crippen molar-refractivity contribution in [2.75, 3.05) is 0 Å². The molecule has 1 heterocycles. The second-order valence-electron chi connectivity index (χ2n) is 4.84. The number of rotatable bonds is 3. The van der Waals surface area contributed by atoms with Gasteiger partial charge >= 0.3 is 0 Å². The average Bonchev–Trinajstić information content (AvgIpc) is 2.89. The summed E-state index contributed by atoms with van der Waals surface area (Å²) in [6.07, 6.45) is 0. The lowest BCUT2D eigenvalue weighted by Crippen LogP contribution is -1.95. The Bertz CT molecular complexity index is 763. The van der Waals surface area contributed by atoms with Crippen LogP contribution in [0.5, 0.6) is 0 Å². The van der Waals surface area contributed by atoms with Gasteiger partial charge in [-0.25, -0.2) is 9.37 Å². The van der Waals surface area contributed by atoms with Crippen molar-refractivity contribution in [3.05, 3.63) is 64.8 Å². The van der Waals surface area contributed by atoms with E-state index in [1.54, 1.807) is 17.4 Å². The molecule has 0 amide bonds. The Kier molecular flexibility index (Phi) is 3.82. The maximum Gasteiger partial charge on any atom is 0.124 e. The lowest BCUT2D eigenvalue weighted by Gasteiger charge is -1.99. The summed E-state index contributed by atoms with van der Waals surface area (Å²) in [5.74, 6) is -0.242. The highest BCUT2D eigenvalue weighted by Gasteiger charge is 2.11. The molecule has 1 aromatic heterocycles. The topological polar surface area (TPSA) is 38.9 Å². The summed E-state index contributed by atoms with van der Waals surface area (Å²) in [4.78, 5) is 5.75. The van der Waals surface area contributed by atoms with E-state index in [-0.39, 0.29) is 5.82 Å². The number of benzene rings is 2. The number of aryl methyl sites for hydroxylation is 1. The Morgan fingerprint density at radius 2 is 1.86 bits per heavy atom. The molecule has 3 aromatic rings. The monoisotopic (exact) mass is 298 g/mol. The van der Waals surface area contributed by atoms with Crippen molar-refractivity contribution in [1.82, 2.24) is 4.98 Å². The lowest BCUT2D eigenvalue weighted by atomic mass is 10.1. The van der Waals surface area contributed by atoms with Crippen molar-refractivity contribution in [2.45, 2.75) is 13.5 Å². The first-order chi connectivity index (χ1) is 10.2. The number of nitrogens with zero attached hydrogens (tertiary/aromatic N) is 1. The zero-order valence-corrected chi connectivity index (χ0v) is 12.5. The first-order valence-electron chi connectivity index (χ1n) is 6.70. The van der Waals surface area contributed by atoms with Gasteiger partial charge in [-0.3, -0.25) is 0 Å². The largest absolute Gasteiger partial charge is 0.326 e. The standard InChI is InChI=1S/C17H15FN2S/c1-11-16(14-3-2-4-15(18)9-14)20-17(21-11)13-7-5-12(10-19)6-8-13/h2-9H,10,19H2,1H3. The third kappa shape index (κ3) is 2.86. The van der Waals surface area contributed by atoms with E-state index in [1.165, 1.54) is 12.1 Å². The van der Waals surface area contributed by atoms with E-state index >= 15 is 0 Å². The van der Waals surface area contributed by atoms with E-state index in [1.807, 2.05) is 37.3 Å². The quantitative estimate of drug-likeness (QED) is 0.779. The van der Waals surface area contributed by atoms with Crippen LogP contribution in [0.4, 0.5) is 4.39 Å². The molecule has 0 aliphatic heterocycles. The number of thiazole rings is 1. The van der Waals surface area contributed by atoms with Crippen molar-refractivity contribution in [1.29, 1.82) is 0 Å². The number of hydrogen-bond donors (Lipinski definition) is 1. The van der Waals surface area contributed by atoms with Crippen molar-refractivity contribution < 1.29 is 4.39 Å². The van der Waals surface area contributed by atoms with E-state index in [4.69, 9.17) is 5.73 Å². The van der Waals surface area contributed by atoms with E-state index in [2.05, 4.69) is 4.98 Å². The van der Waals surface area contributed by atoms with Gasteiger partial charge in [-0.15, -0.1) is 11.3 Å². The third-order valence-corrected chi connectivity index (χ3v) is 4.35. The van der Waals surface area contributed by atoms with Gasteiger partial charge in [0, 0.05) is 22.5 Å². The van der Waals surface area contributed by atoms with E-state index < -0.39 is 0 Å². The van der Waals surface area contributed by atoms with Crippen LogP contribution in [0.2, 0.25) is 0 Å². The third-order valence-electron chi connectivity index (χ3n) is 3.33. The van der Waals surface area contributed by atoms with Gasteiger partial charge in [0.25, 0.3) is 0 Å². The molecule has 0 unspecified atom stereocenters. The lowest BCUT2D eigenvalue weighted by molar-refractivity contribution is 0.628. The number of aromatic nitrogens is 1. The molecule has 0 atom stereocenters. The van der Waals surface area contributed by atoms with Gasteiger partial charge in [-0.2, -0.15) is 0 Å². The summed E-state index contributed by atoms with van der Waals surface area (Å²) in [6, 6.07) is 14.6. The van der Waals surface area contributed by atoms with Crippen LogP contribution >= 0.6 is 11.3 Å². The molecule has 0 aliphatic carbocycles. The molecule has 0 aliphatic rings. The molecule has 0 radical (unpaired) electrons. The molecular formula is C17H15FN2S. The van der Waals surface area contributed by atoms with Crippen molar-refractivity contribution in [2.24, 2.45) is 5.73 Å². The Morgan fingerprint density at radius 1 is 1.10 bits per heavy atom. The Morgan fingerprint density at radius 3 is 2.52 bits per heavy atom. The fourth-order valence-corrected chi connectivity index (χ4v) is 3.15. The zero-order valence-electron chi connectivity index (χ0n) is 11.6. The summed E-state index contributed by atoms with van der Waals surface area (Å²) in [5, 5.41) is 0.940. The molecular weight excluding hydrogens is 283 g/mol. The van der Waals surface area contributed by atoms with Crippen LogP contribution in [0, 0.1) is 12.7 Å². The van der Waals surface area contributed by atoms with Crippen molar-refractivity contribution >= 4 is 11.3 Å². The molecule has 0 saturated carbocycles. The zero-order chi connectivity index (χ0) is 14.8. The van der Waals surface area contributed by atoms with E-state index in [0.717, 1.165) is 32.3 Å². The van der Waals surface area contributed by atoms with Crippen LogP contribution in [-0.2, 0) is 6.54 Å². The molecule has 2 N–H and O–H groups in total. The Hall–Kier alpha value is -2.04. The molecule has 0 bridgehead atoms. The summed E-state index contributed by atoms with van der Waals surface area (Å²) >= 11 is 1.62. The molecule has 4 heteroatoms. The van der Waals surface area contributed by atoms with E-state index in [0.29, 0.717) is 6.54 Å². The van der Waals surface area contributed by atoms with Gasteiger partial charge in [-0.1, -0.05) is 36.4 Å². The number of halogens is 1. The fourth-order valence-electron chi connectivity index (χ4n) is 2.21. The van der Waals surface area contributed by atoms with Gasteiger partial charge in [0.2, 0.25) is 0 Å². The van der Waals surface area contributed by atoms with Gasteiger partial charge in [0.15, 0.2) is 0 Å². The van der Waals surface area contributed by atoms with Gasteiger partial charge in [0.05, 0.1) is 5.69 Å². The molecule has 3 rings (SSSR count). The normalized spacial score (nSPS) is 10.8. The second-order valence-corrected chi connectivity index (χ2v) is 6.04. The molecule has 106 valence electrons. The van der Waals surface area contributed by atoms with Crippen LogP contribution in [0.25, 0.3) is 21.8 Å². The predicted octanol–water partition coefficient (Wildman–Crippen LogP) is 4.38. The second kappa shape index (κ2) is 5.76. The minimum Gasteiger partial charge on any atom is -0.326 e. The molecule has 0 fully saturated rings. The number of nitrogens with two attached hydrogens (primary N) is 1. The maximum atomic E-state index is 13.4.